The van der Waals surface area contributed by atoms with Crippen LogP contribution in [0.4, 0.5) is 5.69 Å². The highest BCUT2D eigenvalue weighted by Gasteiger charge is 2.58. The van der Waals surface area contributed by atoms with Crippen molar-refractivity contribution in [3.8, 4) is 0 Å². The number of nitrogens with one attached hydrogen (secondary N) is 2. The lowest BCUT2D eigenvalue weighted by Gasteiger charge is -2.58. The van der Waals surface area contributed by atoms with Crippen LogP contribution in [0.25, 0.3) is 0 Å². The number of carbonyl (C=O) groups is 2. The summed E-state index contributed by atoms with van der Waals surface area (Å²) < 4.78 is 27.6. The number of anilines is 1. The molecular formula is C23H26N4O4S. The number of hydrogen-bond acceptors (Lipinski definition) is 5. The van der Waals surface area contributed by atoms with Gasteiger partial charge in [-0.15, -0.1) is 0 Å². The minimum atomic E-state index is -3.80. The molecule has 4 saturated carbocycles. The molecule has 1 heterocycles. The number of nitrogens with zero attached hydrogens (tertiary/aromatic N) is 1. The van der Waals surface area contributed by atoms with E-state index in [0.717, 1.165) is 32.1 Å². The lowest BCUT2D eigenvalue weighted by Crippen LogP contribution is -2.62. The monoisotopic (exact) mass is 454 g/mol. The summed E-state index contributed by atoms with van der Waals surface area (Å²) in [4.78, 5) is 29.1. The second kappa shape index (κ2) is 7.58. The number of nitrogens with two attached hydrogens (primary N) is 1. The highest BCUT2D eigenvalue weighted by Crippen LogP contribution is 2.59. The molecule has 4 aliphatic carbocycles. The van der Waals surface area contributed by atoms with Crippen LogP contribution in [0, 0.1) is 23.2 Å². The van der Waals surface area contributed by atoms with Crippen LogP contribution >= 0.6 is 0 Å². The van der Waals surface area contributed by atoms with Gasteiger partial charge in [0.1, 0.15) is 4.90 Å². The van der Waals surface area contributed by atoms with Crippen molar-refractivity contribution in [1.82, 2.24) is 10.3 Å². The third-order valence-corrected chi connectivity index (χ3v) is 8.78. The van der Waals surface area contributed by atoms with Crippen LogP contribution in [0.3, 0.4) is 0 Å². The number of hydrogen-bond donors (Lipinski definition) is 3. The van der Waals surface area contributed by atoms with Crippen LogP contribution in [0.2, 0.25) is 0 Å². The first-order valence-electron chi connectivity index (χ1n) is 10.9. The fraction of sp³-hybridized carbons (Fsp3) is 0.435. The Morgan fingerprint density at radius 2 is 1.81 bits per heavy atom. The predicted molar refractivity (Wildman–Crippen MR) is 118 cm³/mol. The van der Waals surface area contributed by atoms with Crippen molar-refractivity contribution < 1.29 is 18.0 Å². The minimum absolute atomic E-state index is 0.0160. The molecule has 0 radical (unpaired) electrons. The van der Waals surface area contributed by atoms with Crippen molar-refractivity contribution >= 4 is 27.5 Å². The van der Waals surface area contributed by atoms with E-state index in [1.54, 1.807) is 24.3 Å². The Labute approximate surface area is 187 Å². The Kier molecular flexibility index (Phi) is 4.96. The van der Waals surface area contributed by atoms with E-state index >= 15 is 0 Å². The van der Waals surface area contributed by atoms with E-state index in [-0.39, 0.29) is 34.6 Å². The summed E-state index contributed by atoms with van der Waals surface area (Å²) in [6.45, 7) is 0. The van der Waals surface area contributed by atoms with Crippen LogP contribution in [0.5, 0.6) is 0 Å². The van der Waals surface area contributed by atoms with Gasteiger partial charge in [0, 0.05) is 35.1 Å². The average molecular weight is 455 g/mol. The molecule has 8 nitrogen and oxygen atoms in total. The summed E-state index contributed by atoms with van der Waals surface area (Å²) in [7, 11) is -3.80. The summed E-state index contributed by atoms with van der Waals surface area (Å²) in [6.07, 6.45) is 7.16. The lowest BCUT2D eigenvalue weighted by molar-refractivity contribution is -0.145. The summed E-state index contributed by atoms with van der Waals surface area (Å²) in [5, 5.41) is 3.18. The Morgan fingerprint density at radius 3 is 2.47 bits per heavy atom. The second-order valence-corrected chi connectivity index (χ2v) is 11.2. The van der Waals surface area contributed by atoms with Gasteiger partial charge < -0.3 is 11.1 Å². The van der Waals surface area contributed by atoms with E-state index < -0.39 is 15.4 Å². The number of pyridine rings is 1. The fourth-order valence-corrected chi connectivity index (χ4v) is 7.25. The maximum atomic E-state index is 13.0. The number of primary amides is 1. The van der Waals surface area contributed by atoms with Crippen molar-refractivity contribution in [3.05, 3.63) is 54.4 Å². The molecular weight excluding hydrogens is 428 g/mol. The van der Waals surface area contributed by atoms with Gasteiger partial charge in [-0.25, -0.2) is 8.42 Å². The van der Waals surface area contributed by atoms with Gasteiger partial charge in [-0.3, -0.25) is 19.3 Å². The SMILES string of the molecule is NC(=O)C12CC3CC(C1)C(NC(=O)c1cccc(NS(=O)(=O)c4cccnc4)c1)C(C3)C2. The molecule has 0 spiro atoms. The van der Waals surface area contributed by atoms with Gasteiger partial charge in [0.05, 0.1) is 0 Å². The zero-order valence-corrected chi connectivity index (χ0v) is 18.3. The molecule has 4 N–H and O–H groups in total. The number of carbonyl (C=O) groups excluding carboxylic acids is 2. The average Bonchev–Trinajstić information content (AvgIpc) is 2.76. The number of benzene rings is 1. The first-order chi connectivity index (χ1) is 15.3. The molecule has 9 heteroatoms. The van der Waals surface area contributed by atoms with Crippen molar-refractivity contribution in [2.24, 2.45) is 28.9 Å². The molecule has 2 unspecified atom stereocenters. The van der Waals surface area contributed by atoms with Gasteiger partial charge in [0.15, 0.2) is 0 Å². The van der Waals surface area contributed by atoms with Crippen molar-refractivity contribution in [2.75, 3.05) is 4.72 Å². The summed E-state index contributed by atoms with van der Waals surface area (Å²) >= 11 is 0. The highest BCUT2D eigenvalue weighted by atomic mass is 32.2. The van der Waals surface area contributed by atoms with Crippen LogP contribution in [-0.4, -0.2) is 31.3 Å². The Morgan fingerprint density at radius 1 is 1.06 bits per heavy atom. The van der Waals surface area contributed by atoms with Crippen molar-refractivity contribution in [1.29, 1.82) is 0 Å². The molecule has 4 aliphatic rings. The molecule has 2 aromatic rings. The Hall–Kier alpha value is -2.94. The van der Waals surface area contributed by atoms with Gasteiger partial charge in [0.25, 0.3) is 15.9 Å². The molecule has 2 amide bonds. The highest BCUT2D eigenvalue weighted by molar-refractivity contribution is 7.92. The summed E-state index contributed by atoms with van der Waals surface area (Å²) in [6, 6.07) is 9.46. The third kappa shape index (κ3) is 3.64. The van der Waals surface area contributed by atoms with Crippen LogP contribution in [-0.2, 0) is 14.8 Å². The Balaban J connectivity index is 1.31. The molecule has 168 valence electrons. The standard InChI is InChI=1S/C23H26N4O4S/c24-22(29)23-10-14-7-16(11-23)20(17(8-14)12-23)26-21(28)15-3-1-4-18(9-15)27-32(30,31)19-5-2-6-25-13-19/h1-6,9,13-14,16-17,20,27H,7-8,10-12H2,(H2,24,29)(H,26,28). The molecule has 0 saturated heterocycles. The summed E-state index contributed by atoms with van der Waals surface area (Å²) in [5.41, 5.74) is 6.04. The van der Waals surface area contributed by atoms with E-state index in [2.05, 4.69) is 15.0 Å². The quantitative estimate of drug-likeness (QED) is 0.616. The van der Waals surface area contributed by atoms with Gasteiger partial charge in [-0.1, -0.05) is 6.07 Å². The van der Waals surface area contributed by atoms with Gasteiger partial charge in [0.2, 0.25) is 5.91 Å². The van der Waals surface area contributed by atoms with Crippen LogP contribution in [0.1, 0.15) is 42.5 Å². The third-order valence-electron chi connectivity index (χ3n) is 7.42. The van der Waals surface area contributed by atoms with Crippen LogP contribution in [0.15, 0.2) is 53.7 Å². The predicted octanol–water partition coefficient (Wildman–Crippen LogP) is 2.29. The molecule has 6 rings (SSSR count). The van der Waals surface area contributed by atoms with E-state index in [9.17, 15) is 18.0 Å². The fourth-order valence-electron chi connectivity index (χ4n) is 6.24. The molecule has 0 aliphatic heterocycles. The van der Waals surface area contributed by atoms with E-state index in [0.29, 0.717) is 17.2 Å². The molecule has 4 bridgehead atoms. The lowest BCUT2D eigenvalue weighted by atomic mass is 9.47. The Bertz CT molecular complexity index is 1150. The van der Waals surface area contributed by atoms with Crippen molar-refractivity contribution in [3.63, 3.8) is 0 Å². The number of sulfonamides is 1. The second-order valence-electron chi connectivity index (χ2n) is 9.49. The molecule has 1 aromatic heterocycles. The largest absolute Gasteiger partial charge is 0.369 e. The number of amides is 2. The maximum Gasteiger partial charge on any atom is 0.263 e. The van der Waals surface area contributed by atoms with Crippen molar-refractivity contribution in [2.45, 2.75) is 43.0 Å². The van der Waals surface area contributed by atoms with Gasteiger partial charge in [-0.05, 0) is 80.2 Å². The molecule has 2 atom stereocenters. The van der Waals surface area contributed by atoms with Gasteiger partial charge in [-0.2, -0.15) is 0 Å². The minimum Gasteiger partial charge on any atom is -0.369 e. The first-order valence-corrected chi connectivity index (χ1v) is 12.4. The zero-order chi connectivity index (χ0) is 22.5. The van der Waals surface area contributed by atoms with Gasteiger partial charge >= 0.3 is 0 Å². The molecule has 1 aromatic carbocycles. The summed E-state index contributed by atoms with van der Waals surface area (Å²) in [5.74, 6) is 0.585. The van der Waals surface area contributed by atoms with E-state index in [4.69, 9.17) is 5.73 Å². The number of aromatic nitrogens is 1. The van der Waals surface area contributed by atoms with E-state index in [1.165, 1.54) is 24.5 Å². The smallest absolute Gasteiger partial charge is 0.263 e. The maximum absolute atomic E-state index is 13.0. The van der Waals surface area contributed by atoms with E-state index in [1.807, 2.05) is 0 Å². The zero-order valence-electron chi connectivity index (χ0n) is 17.5. The normalized spacial score (nSPS) is 30.6. The molecule has 4 fully saturated rings. The topological polar surface area (TPSA) is 131 Å². The number of rotatable bonds is 6. The first kappa shape index (κ1) is 20.9. The van der Waals surface area contributed by atoms with Crippen LogP contribution < -0.4 is 15.8 Å². The molecule has 32 heavy (non-hydrogen) atoms.